The first-order chi connectivity index (χ1) is 16.9. The molecular formula is C27H28FN3O3S. The number of amides is 3. The van der Waals surface area contributed by atoms with E-state index in [1.165, 1.54) is 40.5 Å². The van der Waals surface area contributed by atoms with E-state index in [1.807, 2.05) is 25.1 Å². The molecule has 0 radical (unpaired) electrons. The summed E-state index contributed by atoms with van der Waals surface area (Å²) in [6.07, 6.45) is 3.86. The summed E-state index contributed by atoms with van der Waals surface area (Å²) >= 11 is 1.28. The first kappa shape index (κ1) is 24.6. The number of nitrogens with one attached hydrogen (secondary N) is 2. The molecule has 6 nitrogen and oxygen atoms in total. The number of hydrogen-bond donors (Lipinski definition) is 2. The summed E-state index contributed by atoms with van der Waals surface area (Å²) in [5, 5.41) is 7.54. The highest BCUT2D eigenvalue weighted by Crippen LogP contribution is 2.30. The minimum Gasteiger partial charge on any atom is -0.351 e. The van der Waals surface area contributed by atoms with Crippen molar-refractivity contribution in [3.8, 4) is 0 Å². The second-order valence-corrected chi connectivity index (χ2v) is 9.65. The lowest BCUT2D eigenvalue weighted by Crippen LogP contribution is -2.49. The van der Waals surface area contributed by atoms with Crippen LogP contribution in [-0.2, 0) is 9.59 Å². The number of rotatable bonds is 8. The number of thiophene rings is 1. The van der Waals surface area contributed by atoms with Crippen molar-refractivity contribution < 1.29 is 18.8 Å². The van der Waals surface area contributed by atoms with Crippen LogP contribution in [0.15, 0.2) is 66.0 Å². The molecule has 0 spiro atoms. The van der Waals surface area contributed by atoms with E-state index in [1.54, 1.807) is 23.6 Å². The maximum absolute atomic E-state index is 13.7. The monoisotopic (exact) mass is 493 g/mol. The largest absolute Gasteiger partial charge is 0.351 e. The van der Waals surface area contributed by atoms with Crippen molar-refractivity contribution in [2.75, 3.05) is 11.4 Å². The topological polar surface area (TPSA) is 78.5 Å². The van der Waals surface area contributed by atoms with Gasteiger partial charge in [-0.25, -0.2) is 4.39 Å². The van der Waals surface area contributed by atoms with Crippen LogP contribution in [0.1, 0.15) is 52.5 Å². The lowest BCUT2D eigenvalue weighted by atomic mass is 10.0. The Balaban J connectivity index is 1.68. The van der Waals surface area contributed by atoms with Crippen molar-refractivity contribution in [1.82, 2.24) is 10.6 Å². The lowest BCUT2D eigenvalue weighted by Gasteiger charge is -2.32. The number of carbonyl (C=O) groups excluding carboxylic acids is 3. The summed E-state index contributed by atoms with van der Waals surface area (Å²) in [5.41, 5.74) is 1.93. The normalized spacial score (nSPS) is 14.3. The van der Waals surface area contributed by atoms with Gasteiger partial charge in [-0.3, -0.25) is 19.3 Å². The second-order valence-electron chi connectivity index (χ2n) is 8.71. The van der Waals surface area contributed by atoms with Crippen molar-refractivity contribution in [3.63, 3.8) is 0 Å². The minimum absolute atomic E-state index is 0.0402. The molecule has 1 aromatic heterocycles. The SMILES string of the molecule is Cc1cccc(N(C(=O)CNC(=O)c2cccs2)C(C(=O)NC2CCCC2)c2ccc(F)cc2)c1. The molecule has 0 saturated heterocycles. The standard InChI is InChI=1S/C27H28FN3O3S/c1-18-6-4-9-22(16-18)31(24(32)17-29-26(33)23-10-5-15-35-23)25(19-11-13-20(28)14-12-19)27(34)30-21-7-2-3-8-21/h4-6,9-16,21,25H,2-3,7-8,17H2,1H3,(H,29,33)(H,30,34). The third kappa shape index (κ3) is 6.14. The highest BCUT2D eigenvalue weighted by molar-refractivity contribution is 7.12. The van der Waals surface area contributed by atoms with Crippen LogP contribution in [0.3, 0.4) is 0 Å². The number of carbonyl (C=O) groups is 3. The van der Waals surface area contributed by atoms with E-state index in [9.17, 15) is 18.8 Å². The zero-order chi connectivity index (χ0) is 24.8. The summed E-state index contributed by atoms with van der Waals surface area (Å²) in [7, 11) is 0. The summed E-state index contributed by atoms with van der Waals surface area (Å²) in [4.78, 5) is 41.6. The first-order valence-electron chi connectivity index (χ1n) is 11.7. The molecule has 4 rings (SSSR count). The molecule has 1 heterocycles. The molecule has 2 aromatic carbocycles. The van der Waals surface area contributed by atoms with Gasteiger partial charge in [0, 0.05) is 11.7 Å². The van der Waals surface area contributed by atoms with Crippen molar-refractivity contribution >= 4 is 34.7 Å². The van der Waals surface area contributed by atoms with Crippen LogP contribution in [0, 0.1) is 12.7 Å². The van der Waals surface area contributed by atoms with E-state index in [0.717, 1.165) is 31.2 Å². The quantitative estimate of drug-likeness (QED) is 0.475. The molecule has 3 amide bonds. The molecule has 8 heteroatoms. The van der Waals surface area contributed by atoms with Crippen LogP contribution in [0.2, 0.25) is 0 Å². The smallest absolute Gasteiger partial charge is 0.261 e. The molecule has 2 N–H and O–H groups in total. The molecule has 0 aliphatic heterocycles. The van der Waals surface area contributed by atoms with Gasteiger partial charge in [0.2, 0.25) is 11.8 Å². The highest BCUT2D eigenvalue weighted by atomic mass is 32.1. The third-order valence-electron chi connectivity index (χ3n) is 6.09. The van der Waals surface area contributed by atoms with Crippen LogP contribution < -0.4 is 15.5 Å². The summed E-state index contributed by atoms with van der Waals surface area (Å²) < 4.78 is 13.7. The van der Waals surface area contributed by atoms with Crippen molar-refractivity contribution in [2.24, 2.45) is 0 Å². The average Bonchev–Trinajstić information content (AvgIpc) is 3.56. The maximum atomic E-state index is 13.7. The molecule has 1 fully saturated rings. The third-order valence-corrected chi connectivity index (χ3v) is 6.96. The Morgan fingerprint density at radius 1 is 1.06 bits per heavy atom. The Hall–Kier alpha value is -3.52. The van der Waals surface area contributed by atoms with Gasteiger partial charge < -0.3 is 10.6 Å². The minimum atomic E-state index is -1.02. The predicted molar refractivity (Wildman–Crippen MR) is 135 cm³/mol. The van der Waals surface area contributed by atoms with Gasteiger partial charge in [0.15, 0.2) is 0 Å². The van der Waals surface area contributed by atoms with Gasteiger partial charge in [-0.2, -0.15) is 0 Å². The number of benzene rings is 2. The summed E-state index contributed by atoms with van der Waals surface area (Å²) in [6, 6.07) is 15.3. The van der Waals surface area contributed by atoms with E-state index in [4.69, 9.17) is 0 Å². The van der Waals surface area contributed by atoms with E-state index in [2.05, 4.69) is 10.6 Å². The van der Waals surface area contributed by atoms with Crippen LogP contribution in [-0.4, -0.2) is 30.3 Å². The molecule has 1 aliphatic rings. The lowest BCUT2D eigenvalue weighted by molar-refractivity contribution is -0.126. The van der Waals surface area contributed by atoms with E-state index in [-0.39, 0.29) is 24.4 Å². The predicted octanol–water partition coefficient (Wildman–Crippen LogP) is 4.76. The highest BCUT2D eigenvalue weighted by Gasteiger charge is 2.34. The van der Waals surface area contributed by atoms with Gasteiger partial charge in [0.25, 0.3) is 5.91 Å². The number of nitrogens with zero attached hydrogens (tertiary/aromatic N) is 1. The number of hydrogen-bond acceptors (Lipinski definition) is 4. The van der Waals surface area contributed by atoms with Crippen molar-refractivity contribution in [3.05, 3.63) is 87.9 Å². The van der Waals surface area contributed by atoms with E-state index >= 15 is 0 Å². The van der Waals surface area contributed by atoms with Crippen LogP contribution >= 0.6 is 11.3 Å². The number of halogens is 1. The summed E-state index contributed by atoms with van der Waals surface area (Å²) in [5.74, 6) is -1.56. The summed E-state index contributed by atoms with van der Waals surface area (Å²) in [6.45, 7) is 1.61. The molecule has 1 unspecified atom stereocenters. The van der Waals surface area contributed by atoms with Crippen LogP contribution in [0.25, 0.3) is 0 Å². The zero-order valence-electron chi connectivity index (χ0n) is 19.5. The maximum Gasteiger partial charge on any atom is 0.261 e. The van der Waals surface area contributed by atoms with E-state index in [0.29, 0.717) is 16.1 Å². The molecule has 1 aliphatic carbocycles. The Morgan fingerprint density at radius 2 is 1.80 bits per heavy atom. The molecule has 0 bridgehead atoms. The molecule has 1 saturated carbocycles. The average molecular weight is 494 g/mol. The van der Waals surface area contributed by atoms with E-state index < -0.39 is 17.8 Å². The second kappa shape index (κ2) is 11.3. The van der Waals surface area contributed by atoms with Crippen molar-refractivity contribution in [1.29, 1.82) is 0 Å². The van der Waals surface area contributed by atoms with Gasteiger partial charge in [0.1, 0.15) is 11.9 Å². The molecule has 182 valence electrons. The van der Waals surface area contributed by atoms with Gasteiger partial charge in [-0.1, -0.05) is 43.2 Å². The molecule has 1 atom stereocenters. The fourth-order valence-corrected chi connectivity index (χ4v) is 5.00. The molecule has 35 heavy (non-hydrogen) atoms. The number of anilines is 1. The Kier molecular flexibility index (Phi) is 7.92. The van der Waals surface area contributed by atoms with Gasteiger partial charge >= 0.3 is 0 Å². The first-order valence-corrected chi connectivity index (χ1v) is 12.6. The fourth-order valence-electron chi connectivity index (χ4n) is 4.36. The van der Waals surface area contributed by atoms with Gasteiger partial charge in [-0.15, -0.1) is 11.3 Å². The van der Waals surface area contributed by atoms with Gasteiger partial charge in [-0.05, 0) is 66.6 Å². The van der Waals surface area contributed by atoms with Gasteiger partial charge in [0.05, 0.1) is 11.4 Å². The zero-order valence-corrected chi connectivity index (χ0v) is 20.3. The van der Waals surface area contributed by atoms with Crippen LogP contribution in [0.4, 0.5) is 10.1 Å². The number of aryl methyl sites for hydroxylation is 1. The Labute approximate surface area is 208 Å². The van der Waals surface area contributed by atoms with Crippen molar-refractivity contribution in [2.45, 2.75) is 44.7 Å². The Bertz CT molecular complexity index is 1170. The van der Waals surface area contributed by atoms with Crippen LogP contribution in [0.5, 0.6) is 0 Å². The molecule has 3 aromatic rings. The molecular weight excluding hydrogens is 465 g/mol. The Morgan fingerprint density at radius 3 is 2.46 bits per heavy atom. The fraction of sp³-hybridized carbons (Fsp3) is 0.296.